The van der Waals surface area contributed by atoms with Crippen molar-refractivity contribution < 1.29 is 19.1 Å². The molecule has 0 aromatic heterocycles. The van der Waals surface area contributed by atoms with Crippen LogP contribution < -0.4 is 5.32 Å². The Morgan fingerprint density at radius 1 is 0.923 bits per heavy atom. The van der Waals surface area contributed by atoms with E-state index in [9.17, 15) is 14.4 Å². The zero-order valence-electron chi connectivity index (χ0n) is 14.3. The maximum absolute atomic E-state index is 12.2. The third-order valence-corrected chi connectivity index (χ3v) is 4.08. The molecule has 3 rings (SSSR count). The molecular weight excluding hydrogens is 332 g/mol. The molecule has 0 radical (unpaired) electrons. The van der Waals surface area contributed by atoms with Gasteiger partial charge in [-0.15, -0.1) is 0 Å². The Labute approximate surface area is 151 Å². The van der Waals surface area contributed by atoms with Gasteiger partial charge < -0.3 is 10.1 Å². The van der Waals surface area contributed by atoms with Crippen LogP contribution in [0.15, 0.2) is 54.6 Å². The molecule has 2 aromatic carbocycles. The monoisotopic (exact) mass is 352 g/mol. The lowest BCUT2D eigenvalue weighted by molar-refractivity contribution is -0.121. The molecule has 1 aliphatic heterocycles. The van der Waals surface area contributed by atoms with E-state index >= 15 is 0 Å². The van der Waals surface area contributed by atoms with Gasteiger partial charge in [0.25, 0.3) is 11.8 Å². The minimum atomic E-state index is -0.424. The Balaban J connectivity index is 1.36. The molecule has 0 aliphatic carbocycles. The number of rotatable bonds is 8. The van der Waals surface area contributed by atoms with Crippen LogP contribution in [0.2, 0.25) is 0 Å². The van der Waals surface area contributed by atoms with E-state index in [1.54, 1.807) is 24.3 Å². The quantitative estimate of drug-likeness (QED) is 0.582. The topological polar surface area (TPSA) is 75.7 Å². The van der Waals surface area contributed by atoms with Crippen molar-refractivity contribution in [3.63, 3.8) is 0 Å². The molecule has 3 amide bonds. The first kappa shape index (κ1) is 17.8. The fraction of sp³-hybridized carbons (Fsp3) is 0.250. The lowest BCUT2D eigenvalue weighted by atomic mass is 10.1. The Morgan fingerprint density at radius 3 is 2.19 bits per heavy atom. The van der Waals surface area contributed by atoms with Crippen molar-refractivity contribution in [2.45, 2.75) is 13.0 Å². The molecule has 1 N–H and O–H groups in total. The zero-order chi connectivity index (χ0) is 18.4. The summed E-state index contributed by atoms with van der Waals surface area (Å²) in [7, 11) is 0. The predicted molar refractivity (Wildman–Crippen MR) is 95.5 cm³/mol. The Hall–Kier alpha value is -2.99. The number of benzene rings is 2. The van der Waals surface area contributed by atoms with E-state index in [1.807, 2.05) is 30.3 Å². The summed E-state index contributed by atoms with van der Waals surface area (Å²) in [6.07, 6.45) is 0.653. The van der Waals surface area contributed by atoms with Gasteiger partial charge in [0, 0.05) is 13.2 Å². The molecule has 134 valence electrons. The van der Waals surface area contributed by atoms with Crippen LogP contribution in [-0.4, -0.2) is 42.3 Å². The van der Waals surface area contributed by atoms with Gasteiger partial charge in [-0.3, -0.25) is 19.3 Å². The number of imide groups is 1. The Bertz CT molecular complexity index is 769. The summed E-state index contributed by atoms with van der Waals surface area (Å²) in [6, 6.07) is 16.4. The van der Waals surface area contributed by atoms with Crippen molar-refractivity contribution in [3.05, 3.63) is 71.3 Å². The van der Waals surface area contributed by atoms with Crippen LogP contribution in [-0.2, 0) is 16.1 Å². The van der Waals surface area contributed by atoms with Gasteiger partial charge >= 0.3 is 0 Å². The summed E-state index contributed by atoms with van der Waals surface area (Å²) in [5.41, 5.74) is 1.79. The smallest absolute Gasteiger partial charge is 0.262 e. The maximum Gasteiger partial charge on any atom is 0.262 e. The molecule has 1 aliphatic rings. The van der Waals surface area contributed by atoms with E-state index in [2.05, 4.69) is 5.32 Å². The van der Waals surface area contributed by atoms with Crippen LogP contribution >= 0.6 is 0 Å². The normalized spacial score (nSPS) is 13.0. The molecular formula is C20H20N2O4. The zero-order valence-corrected chi connectivity index (χ0v) is 14.3. The molecule has 0 fully saturated rings. The first-order valence-electron chi connectivity index (χ1n) is 8.50. The molecule has 6 heteroatoms. The molecule has 0 saturated carbocycles. The Kier molecular flexibility index (Phi) is 5.76. The molecule has 0 atom stereocenters. The third-order valence-electron chi connectivity index (χ3n) is 4.08. The minimum Gasteiger partial charge on any atom is -0.377 e. The number of nitrogens with zero attached hydrogens (tertiary/aromatic N) is 1. The average Bonchev–Trinajstić information content (AvgIpc) is 2.91. The van der Waals surface area contributed by atoms with Crippen molar-refractivity contribution >= 4 is 17.7 Å². The standard InChI is InChI=1S/C20H20N2O4/c23-18(21-11-6-12-26-14-15-7-2-1-3-8-15)13-22-19(24)16-9-4-5-10-17(16)20(22)25/h1-5,7-10H,6,11-14H2,(H,21,23). The van der Waals surface area contributed by atoms with E-state index in [4.69, 9.17) is 4.74 Å². The van der Waals surface area contributed by atoms with E-state index < -0.39 is 11.8 Å². The van der Waals surface area contributed by atoms with Crippen molar-refractivity contribution in [3.8, 4) is 0 Å². The highest BCUT2D eigenvalue weighted by molar-refractivity contribution is 6.22. The fourth-order valence-electron chi connectivity index (χ4n) is 2.75. The van der Waals surface area contributed by atoms with Gasteiger partial charge in [0.2, 0.25) is 5.91 Å². The number of fused-ring (bicyclic) bond motifs is 1. The molecule has 1 heterocycles. The van der Waals surface area contributed by atoms with E-state index in [-0.39, 0.29) is 12.5 Å². The third kappa shape index (κ3) is 4.15. The lowest BCUT2D eigenvalue weighted by Crippen LogP contribution is -2.40. The molecule has 0 bridgehead atoms. The van der Waals surface area contributed by atoms with Gasteiger partial charge in [-0.25, -0.2) is 0 Å². The fourth-order valence-corrected chi connectivity index (χ4v) is 2.75. The number of hydrogen-bond donors (Lipinski definition) is 1. The van der Waals surface area contributed by atoms with Gasteiger partial charge in [-0.1, -0.05) is 42.5 Å². The second-order valence-corrected chi connectivity index (χ2v) is 5.98. The van der Waals surface area contributed by atoms with E-state index in [0.29, 0.717) is 37.3 Å². The van der Waals surface area contributed by atoms with Crippen LogP contribution in [0.25, 0.3) is 0 Å². The number of carbonyl (C=O) groups is 3. The minimum absolute atomic E-state index is 0.267. The average molecular weight is 352 g/mol. The summed E-state index contributed by atoms with van der Waals surface area (Å²) in [5.74, 6) is -1.21. The SMILES string of the molecule is O=C(CN1C(=O)c2ccccc2C1=O)NCCCOCc1ccccc1. The van der Waals surface area contributed by atoms with E-state index in [0.717, 1.165) is 10.5 Å². The molecule has 0 saturated heterocycles. The summed E-state index contributed by atoms with van der Waals surface area (Å²) >= 11 is 0. The summed E-state index contributed by atoms with van der Waals surface area (Å²) < 4.78 is 5.54. The van der Waals surface area contributed by atoms with Crippen LogP contribution in [0, 0.1) is 0 Å². The van der Waals surface area contributed by atoms with E-state index in [1.165, 1.54) is 0 Å². The number of ether oxygens (including phenoxy) is 1. The first-order valence-corrected chi connectivity index (χ1v) is 8.50. The summed E-state index contributed by atoms with van der Waals surface area (Å²) in [5, 5.41) is 2.71. The van der Waals surface area contributed by atoms with Crippen LogP contribution in [0.1, 0.15) is 32.7 Å². The molecule has 2 aromatic rings. The largest absolute Gasteiger partial charge is 0.377 e. The molecule has 26 heavy (non-hydrogen) atoms. The highest BCUT2D eigenvalue weighted by Gasteiger charge is 2.36. The summed E-state index contributed by atoms with van der Waals surface area (Å²) in [4.78, 5) is 37.4. The number of nitrogens with one attached hydrogen (secondary N) is 1. The summed E-state index contributed by atoms with van der Waals surface area (Å²) in [6.45, 7) is 1.21. The highest BCUT2D eigenvalue weighted by atomic mass is 16.5. The first-order chi connectivity index (χ1) is 12.7. The van der Waals surface area contributed by atoms with Gasteiger partial charge in [-0.2, -0.15) is 0 Å². The van der Waals surface area contributed by atoms with Crippen LogP contribution in [0.4, 0.5) is 0 Å². The second kappa shape index (κ2) is 8.40. The number of carbonyl (C=O) groups excluding carboxylic acids is 3. The van der Waals surface area contributed by atoms with Crippen molar-refractivity contribution in [1.82, 2.24) is 10.2 Å². The van der Waals surface area contributed by atoms with Crippen molar-refractivity contribution in [1.29, 1.82) is 0 Å². The molecule has 6 nitrogen and oxygen atoms in total. The Morgan fingerprint density at radius 2 is 1.54 bits per heavy atom. The van der Waals surface area contributed by atoms with Crippen molar-refractivity contribution in [2.75, 3.05) is 19.7 Å². The predicted octanol–water partition coefficient (Wildman–Crippen LogP) is 2.01. The molecule has 0 spiro atoms. The number of hydrogen-bond acceptors (Lipinski definition) is 4. The lowest BCUT2D eigenvalue weighted by Gasteiger charge is -2.13. The van der Waals surface area contributed by atoms with Crippen LogP contribution in [0.3, 0.4) is 0 Å². The van der Waals surface area contributed by atoms with Crippen LogP contribution in [0.5, 0.6) is 0 Å². The number of amides is 3. The van der Waals surface area contributed by atoms with Crippen molar-refractivity contribution in [2.24, 2.45) is 0 Å². The van der Waals surface area contributed by atoms with Gasteiger partial charge in [0.15, 0.2) is 0 Å². The van der Waals surface area contributed by atoms with Gasteiger partial charge in [-0.05, 0) is 24.1 Å². The van der Waals surface area contributed by atoms with Gasteiger partial charge in [0.1, 0.15) is 6.54 Å². The second-order valence-electron chi connectivity index (χ2n) is 5.98. The van der Waals surface area contributed by atoms with Gasteiger partial charge in [0.05, 0.1) is 17.7 Å². The maximum atomic E-state index is 12.2. The highest BCUT2D eigenvalue weighted by Crippen LogP contribution is 2.21. The molecule has 0 unspecified atom stereocenters.